The Balaban J connectivity index is 1.41. The highest BCUT2D eigenvalue weighted by molar-refractivity contribution is 6.10. The maximum atomic E-state index is 13.2. The van der Waals surface area contributed by atoms with Gasteiger partial charge in [-0.1, -0.05) is 26.8 Å². The van der Waals surface area contributed by atoms with Gasteiger partial charge in [0.05, 0.1) is 0 Å². The number of urea groups is 1. The largest absolute Gasteiger partial charge is 0.349 e. The van der Waals surface area contributed by atoms with Crippen LogP contribution in [0.4, 0.5) is 10.5 Å². The van der Waals surface area contributed by atoms with Crippen LogP contribution in [0.1, 0.15) is 63.2 Å². The van der Waals surface area contributed by atoms with Crippen LogP contribution in [0.25, 0.3) is 0 Å². The summed E-state index contributed by atoms with van der Waals surface area (Å²) in [5, 5.41) is 8.48. The van der Waals surface area contributed by atoms with E-state index in [1.165, 1.54) is 0 Å². The van der Waals surface area contributed by atoms with Crippen LogP contribution in [0.15, 0.2) is 24.3 Å². The predicted molar refractivity (Wildman–Crippen MR) is 115 cm³/mol. The third kappa shape index (κ3) is 4.57. The van der Waals surface area contributed by atoms with E-state index < -0.39 is 17.5 Å². The van der Waals surface area contributed by atoms with E-state index in [2.05, 4.69) is 36.7 Å². The second-order valence-corrected chi connectivity index (χ2v) is 10.1. The fourth-order valence-electron chi connectivity index (χ4n) is 5.23. The first-order chi connectivity index (χ1) is 14.6. The second kappa shape index (κ2) is 7.66. The SMILES string of the molecule is C[C@H]1CC(C)(C)C[C@@]2(C1)NC(=O)N(CC(=O)Nc1cccc(C(=O)NC3CC3)c1)C2=O. The Hall–Kier alpha value is -2.90. The summed E-state index contributed by atoms with van der Waals surface area (Å²) in [5.74, 6) is -0.691. The molecule has 166 valence electrons. The molecule has 8 heteroatoms. The van der Waals surface area contributed by atoms with Crippen LogP contribution in [0.5, 0.6) is 0 Å². The number of benzene rings is 1. The van der Waals surface area contributed by atoms with Crippen LogP contribution in [0, 0.1) is 11.3 Å². The van der Waals surface area contributed by atoms with Crippen molar-refractivity contribution in [3.05, 3.63) is 29.8 Å². The molecule has 0 bridgehead atoms. The van der Waals surface area contributed by atoms with Crippen LogP contribution >= 0.6 is 0 Å². The molecular weight excluding hydrogens is 396 g/mol. The predicted octanol–water partition coefficient (Wildman–Crippen LogP) is 2.65. The van der Waals surface area contributed by atoms with Crippen LogP contribution in [0.2, 0.25) is 0 Å². The second-order valence-electron chi connectivity index (χ2n) is 10.1. The number of nitrogens with one attached hydrogen (secondary N) is 3. The Morgan fingerprint density at radius 1 is 1.19 bits per heavy atom. The molecule has 3 aliphatic rings. The van der Waals surface area contributed by atoms with Crippen molar-refractivity contribution in [2.75, 3.05) is 11.9 Å². The Morgan fingerprint density at radius 3 is 2.61 bits per heavy atom. The Kier molecular flexibility index (Phi) is 5.27. The van der Waals surface area contributed by atoms with E-state index in [9.17, 15) is 19.2 Å². The summed E-state index contributed by atoms with van der Waals surface area (Å²) in [5.41, 5.74) is -0.0978. The standard InChI is InChI=1S/C23H30N4O4/c1-14-10-22(2,3)13-23(11-14)20(30)27(21(31)26-23)12-18(28)24-17-6-4-5-15(9-17)19(29)25-16-7-8-16/h4-6,9,14,16H,7-8,10-13H2,1-3H3,(H,24,28)(H,25,29)(H,26,31)/t14-,23+/m0/s1. The van der Waals surface area contributed by atoms with E-state index in [-0.39, 0.29) is 29.8 Å². The Bertz CT molecular complexity index is 939. The van der Waals surface area contributed by atoms with Crippen LogP contribution in [-0.2, 0) is 9.59 Å². The topological polar surface area (TPSA) is 108 Å². The highest BCUT2D eigenvalue weighted by Crippen LogP contribution is 2.46. The van der Waals surface area contributed by atoms with E-state index in [0.717, 1.165) is 24.2 Å². The quantitative estimate of drug-likeness (QED) is 0.629. The van der Waals surface area contributed by atoms with Gasteiger partial charge in [0.2, 0.25) is 5.91 Å². The first-order valence-electron chi connectivity index (χ1n) is 10.9. The number of nitrogens with zero attached hydrogens (tertiary/aromatic N) is 1. The van der Waals surface area contributed by atoms with Gasteiger partial charge in [0, 0.05) is 17.3 Å². The van der Waals surface area contributed by atoms with Gasteiger partial charge in [0.25, 0.3) is 11.8 Å². The van der Waals surface area contributed by atoms with Crippen molar-refractivity contribution >= 4 is 29.4 Å². The van der Waals surface area contributed by atoms with Gasteiger partial charge in [-0.25, -0.2) is 4.79 Å². The summed E-state index contributed by atoms with van der Waals surface area (Å²) in [6.45, 7) is 5.93. The van der Waals surface area contributed by atoms with Crippen molar-refractivity contribution in [3.63, 3.8) is 0 Å². The van der Waals surface area contributed by atoms with E-state index >= 15 is 0 Å². The van der Waals surface area contributed by atoms with Crippen LogP contribution in [0.3, 0.4) is 0 Å². The molecular formula is C23H30N4O4. The zero-order chi connectivity index (χ0) is 22.4. The van der Waals surface area contributed by atoms with Crippen molar-refractivity contribution < 1.29 is 19.2 Å². The number of hydrogen-bond acceptors (Lipinski definition) is 4. The molecule has 1 aliphatic heterocycles. The molecule has 3 N–H and O–H groups in total. The molecule has 0 unspecified atom stereocenters. The van der Waals surface area contributed by atoms with Crippen molar-refractivity contribution in [3.8, 4) is 0 Å². The third-order valence-corrected chi connectivity index (χ3v) is 6.25. The van der Waals surface area contributed by atoms with Crippen molar-refractivity contribution in [1.29, 1.82) is 0 Å². The van der Waals surface area contributed by atoms with Gasteiger partial charge in [-0.2, -0.15) is 0 Å². The summed E-state index contributed by atoms with van der Waals surface area (Å²) in [6, 6.07) is 6.35. The van der Waals surface area contributed by atoms with E-state index in [4.69, 9.17) is 0 Å². The number of rotatable bonds is 5. The molecule has 1 aromatic rings. The molecule has 4 rings (SSSR count). The molecule has 8 nitrogen and oxygen atoms in total. The maximum absolute atomic E-state index is 13.2. The molecule has 5 amide bonds. The van der Waals surface area contributed by atoms with Crippen LogP contribution < -0.4 is 16.0 Å². The molecule has 2 saturated carbocycles. The first-order valence-corrected chi connectivity index (χ1v) is 10.9. The number of carbonyl (C=O) groups excluding carboxylic acids is 4. The lowest BCUT2D eigenvalue weighted by Crippen LogP contribution is -2.54. The number of anilines is 1. The number of imide groups is 1. The highest BCUT2D eigenvalue weighted by Gasteiger charge is 2.56. The fraction of sp³-hybridized carbons (Fsp3) is 0.565. The molecule has 2 atom stereocenters. The summed E-state index contributed by atoms with van der Waals surface area (Å²) in [4.78, 5) is 51.6. The maximum Gasteiger partial charge on any atom is 0.325 e. The lowest BCUT2D eigenvalue weighted by Gasteiger charge is -2.43. The molecule has 0 aromatic heterocycles. The zero-order valence-corrected chi connectivity index (χ0v) is 18.3. The fourth-order valence-corrected chi connectivity index (χ4v) is 5.23. The molecule has 2 aliphatic carbocycles. The summed E-state index contributed by atoms with van der Waals surface area (Å²) >= 11 is 0. The van der Waals surface area contributed by atoms with E-state index in [0.29, 0.717) is 30.0 Å². The van der Waals surface area contributed by atoms with E-state index in [1.54, 1.807) is 24.3 Å². The molecule has 0 radical (unpaired) electrons. The van der Waals surface area contributed by atoms with Gasteiger partial charge in [0.1, 0.15) is 12.1 Å². The van der Waals surface area contributed by atoms with Gasteiger partial charge in [-0.05, 0) is 61.6 Å². The van der Waals surface area contributed by atoms with Gasteiger partial charge >= 0.3 is 6.03 Å². The lowest BCUT2D eigenvalue weighted by molar-refractivity contribution is -0.136. The number of hydrogen-bond donors (Lipinski definition) is 3. The average Bonchev–Trinajstić information content (AvgIpc) is 3.44. The average molecular weight is 427 g/mol. The molecule has 1 aromatic carbocycles. The third-order valence-electron chi connectivity index (χ3n) is 6.25. The first kappa shape index (κ1) is 21.3. The minimum absolute atomic E-state index is 0.0691. The molecule has 1 saturated heterocycles. The molecule has 1 spiro atoms. The van der Waals surface area contributed by atoms with Crippen molar-refractivity contribution in [2.45, 2.75) is 64.5 Å². The zero-order valence-electron chi connectivity index (χ0n) is 18.3. The summed E-state index contributed by atoms with van der Waals surface area (Å²) < 4.78 is 0. The van der Waals surface area contributed by atoms with Gasteiger partial charge in [-0.3, -0.25) is 19.3 Å². The molecule has 31 heavy (non-hydrogen) atoms. The van der Waals surface area contributed by atoms with Crippen molar-refractivity contribution in [1.82, 2.24) is 15.5 Å². The van der Waals surface area contributed by atoms with Crippen LogP contribution in [-0.4, -0.2) is 46.8 Å². The highest BCUT2D eigenvalue weighted by atomic mass is 16.2. The van der Waals surface area contributed by atoms with E-state index in [1.807, 2.05) is 0 Å². The summed E-state index contributed by atoms with van der Waals surface area (Å²) in [6.07, 6.45) is 4.11. The number of amides is 5. The monoisotopic (exact) mass is 426 g/mol. The minimum Gasteiger partial charge on any atom is -0.349 e. The number of carbonyl (C=O) groups is 4. The van der Waals surface area contributed by atoms with Gasteiger partial charge in [0.15, 0.2) is 0 Å². The lowest BCUT2D eigenvalue weighted by atomic mass is 9.64. The minimum atomic E-state index is -0.931. The van der Waals surface area contributed by atoms with Gasteiger partial charge < -0.3 is 16.0 Å². The smallest absolute Gasteiger partial charge is 0.325 e. The van der Waals surface area contributed by atoms with Gasteiger partial charge in [-0.15, -0.1) is 0 Å². The normalized spacial score (nSPS) is 27.2. The Labute approximate surface area is 182 Å². The summed E-state index contributed by atoms with van der Waals surface area (Å²) in [7, 11) is 0. The van der Waals surface area contributed by atoms with Crippen molar-refractivity contribution in [2.24, 2.45) is 11.3 Å². The molecule has 3 fully saturated rings. The molecule has 1 heterocycles. The Morgan fingerprint density at radius 2 is 1.94 bits per heavy atom.